The lowest BCUT2D eigenvalue weighted by Gasteiger charge is -2.35. The molecule has 0 saturated carbocycles. The first-order chi connectivity index (χ1) is 15.0. The van der Waals surface area contributed by atoms with E-state index in [1.807, 2.05) is 12.1 Å². The number of hydrogen-bond acceptors (Lipinski definition) is 6. The second-order valence-electron chi connectivity index (χ2n) is 7.78. The summed E-state index contributed by atoms with van der Waals surface area (Å²) in [5, 5.41) is 3.02. The minimum Gasteiger partial charge on any atom is -0.493 e. The van der Waals surface area contributed by atoms with Gasteiger partial charge in [-0.3, -0.25) is 9.69 Å². The summed E-state index contributed by atoms with van der Waals surface area (Å²) in [5.74, 6) is 1.02. The van der Waals surface area contributed by atoms with Crippen molar-refractivity contribution in [2.24, 2.45) is 0 Å². The first-order valence-electron chi connectivity index (χ1n) is 10.5. The Labute approximate surface area is 184 Å². The molecule has 2 unspecified atom stereocenters. The topological polar surface area (TPSA) is 69.3 Å². The van der Waals surface area contributed by atoms with Crippen molar-refractivity contribution >= 4 is 5.91 Å². The lowest BCUT2D eigenvalue weighted by Crippen LogP contribution is -2.45. The fourth-order valence-electron chi connectivity index (χ4n) is 4.09. The first-order valence-corrected chi connectivity index (χ1v) is 10.5. The molecule has 0 aromatic heterocycles. The normalized spacial score (nSPS) is 19.0. The van der Waals surface area contributed by atoms with Crippen molar-refractivity contribution < 1.29 is 23.7 Å². The molecule has 7 heteroatoms. The van der Waals surface area contributed by atoms with Crippen molar-refractivity contribution in [1.82, 2.24) is 10.2 Å². The molecule has 1 heterocycles. The molecule has 1 amide bonds. The van der Waals surface area contributed by atoms with Gasteiger partial charge in [-0.15, -0.1) is 0 Å². The van der Waals surface area contributed by atoms with E-state index in [9.17, 15) is 4.79 Å². The van der Waals surface area contributed by atoms with Crippen LogP contribution in [0.15, 0.2) is 36.4 Å². The summed E-state index contributed by atoms with van der Waals surface area (Å²) in [7, 11) is 4.57. The van der Waals surface area contributed by atoms with Crippen LogP contribution in [0.1, 0.15) is 35.3 Å². The Kier molecular flexibility index (Phi) is 7.76. The van der Waals surface area contributed by atoms with Gasteiger partial charge >= 0.3 is 0 Å². The van der Waals surface area contributed by atoms with Gasteiger partial charge in [0, 0.05) is 26.2 Å². The molecule has 3 rings (SSSR count). The highest BCUT2D eigenvalue weighted by atomic mass is 16.5. The molecule has 2 atom stereocenters. The minimum absolute atomic E-state index is 0.216. The van der Waals surface area contributed by atoms with Crippen LogP contribution in [0.3, 0.4) is 0 Å². The SMILES string of the molecule is COc1ccc(C(=O)NCc2ccccc2CN2CC(C)OC(C)C2)c(OC)c1OC. The summed E-state index contributed by atoms with van der Waals surface area (Å²) >= 11 is 0. The summed E-state index contributed by atoms with van der Waals surface area (Å²) in [6, 6.07) is 11.6. The summed E-state index contributed by atoms with van der Waals surface area (Å²) in [4.78, 5) is 15.3. The molecule has 1 aliphatic heterocycles. The lowest BCUT2D eigenvalue weighted by molar-refractivity contribution is -0.0705. The third kappa shape index (κ3) is 5.48. The number of morpholine rings is 1. The van der Waals surface area contributed by atoms with Crippen LogP contribution in [0.5, 0.6) is 17.2 Å². The van der Waals surface area contributed by atoms with E-state index in [-0.39, 0.29) is 18.1 Å². The number of nitrogens with one attached hydrogen (secondary N) is 1. The van der Waals surface area contributed by atoms with Crippen molar-refractivity contribution in [3.63, 3.8) is 0 Å². The number of nitrogens with zero attached hydrogens (tertiary/aromatic N) is 1. The monoisotopic (exact) mass is 428 g/mol. The van der Waals surface area contributed by atoms with Gasteiger partial charge in [0.15, 0.2) is 11.5 Å². The van der Waals surface area contributed by atoms with Gasteiger partial charge in [0.25, 0.3) is 5.91 Å². The van der Waals surface area contributed by atoms with Crippen molar-refractivity contribution in [2.45, 2.75) is 39.1 Å². The zero-order valence-corrected chi connectivity index (χ0v) is 18.9. The lowest BCUT2D eigenvalue weighted by atomic mass is 10.1. The molecule has 31 heavy (non-hydrogen) atoms. The molecule has 0 bridgehead atoms. The number of rotatable bonds is 8. The number of hydrogen-bond donors (Lipinski definition) is 1. The Morgan fingerprint density at radius 3 is 2.23 bits per heavy atom. The number of methoxy groups -OCH3 is 3. The number of carbonyl (C=O) groups is 1. The number of ether oxygens (including phenoxy) is 4. The van der Waals surface area contributed by atoms with Crippen LogP contribution >= 0.6 is 0 Å². The van der Waals surface area contributed by atoms with Gasteiger partial charge in [-0.1, -0.05) is 24.3 Å². The quantitative estimate of drug-likeness (QED) is 0.696. The van der Waals surface area contributed by atoms with Crippen LogP contribution < -0.4 is 19.5 Å². The predicted octanol–water partition coefficient (Wildman–Crippen LogP) is 3.25. The maximum atomic E-state index is 12.9. The molecule has 7 nitrogen and oxygen atoms in total. The maximum Gasteiger partial charge on any atom is 0.255 e. The maximum absolute atomic E-state index is 12.9. The number of benzene rings is 2. The largest absolute Gasteiger partial charge is 0.493 e. The fourth-order valence-corrected chi connectivity index (χ4v) is 4.09. The Balaban J connectivity index is 1.73. The summed E-state index contributed by atoms with van der Waals surface area (Å²) in [6.45, 7) is 7.24. The van der Waals surface area contributed by atoms with Gasteiger partial charge in [-0.05, 0) is 37.1 Å². The molecule has 168 valence electrons. The molecule has 1 saturated heterocycles. The number of amides is 1. The van der Waals surface area contributed by atoms with E-state index in [1.165, 1.54) is 19.8 Å². The molecule has 1 fully saturated rings. The predicted molar refractivity (Wildman–Crippen MR) is 119 cm³/mol. The van der Waals surface area contributed by atoms with Gasteiger partial charge in [0.2, 0.25) is 5.75 Å². The van der Waals surface area contributed by atoms with Crippen LogP contribution in [-0.2, 0) is 17.8 Å². The van der Waals surface area contributed by atoms with E-state index in [4.69, 9.17) is 18.9 Å². The van der Waals surface area contributed by atoms with E-state index in [2.05, 4.69) is 36.2 Å². The first kappa shape index (κ1) is 22.9. The zero-order valence-electron chi connectivity index (χ0n) is 18.9. The highest BCUT2D eigenvalue weighted by Crippen LogP contribution is 2.39. The van der Waals surface area contributed by atoms with Crippen molar-refractivity contribution in [3.8, 4) is 17.2 Å². The highest BCUT2D eigenvalue weighted by Gasteiger charge is 2.23. The third-order valence-corrected chi connectivity index (χ3v) is 5.40. The minimum atomic E-state index is -0.235. The Morgan fingerprint density at radius 1 is 0.968 bits per heavy atom. The van der Waals surface area contributed by atoms with Gasteiger partial charge in [-0.2, -0.15) is 0 Å². The molecule has 1 aliphatic rings. The molecule has 2 aromatic carbocycles. The second kappa shape index (κ2) is 10.5. The van der Waals surface area contributed by atoms with Crippen molar-refractivity contribution in [1.29, 1.82) is 0 Å². The van der Waals surface area contributed by atoms with E-state index < -0.39 is 0 Å². The van der Waals surface area contributed by atoms with Crippen molar-refractivity contribution in [3.05, 3.63) is 53.1 Å². The van der Waals surface area contributed by atoms with Crippen LogP contribution in [0.2, 0.25) is 0 Å². The van der Waals surface area contributed by atoms with Crippen LogP contribution in [0.25, 0.3) is 0 Å². The molecule has 2 aromatic rings. The van der Waals surface area contributed by atoms with Crippen LogP contribution in [-0.4, -0.2) is 57.4 Å². The smallest absolute Gasteiger partial charge is 0.255 e. The van der Waals surface area contributed by atoms with Crippen molar-refractivity contribution in [2.75, 3.05) is 34.4 Å². The summed E-state index contributed by atoms with van der Waals surface area (Å²) < 4.78 is 22.0. The van der Waals surface area contributed by atoms with E-state index in [0.29, 0.717) is 29.4 Å². The Hall–Kier alpha value is -2.77. The molecular formula is C24H32N2O5. The van der Waals surface area contributed by atoms with Gasteiger partial charge < -0.3 is 24.3 Å². The number of carbonyl (C=O) groups excluding carboxylic acids is 1. The Bertz CT molecular complexity index is 892. The molecule has 0 radical (unpaired) electrons. The van der Waals surface area contributed by atoms with E-state index in [1.54, 1.807) is 19.2 Å². The molecule has 0 spiro atoms. The average molecular weight is 429 g/mol. The summed E-state index contributed by atoms with van der Waals surface area (Å²) in [6.07, 6.45) is 0.432. The summed E-state index contributed by atoms with van der Waals surface area (Å²) in [5.41, 5.74) is 2.68. The molecule has 1 N–H and O–H groups in total. The fraction of sp³-hybridized carbons (Fsp3) is 0.458. The van der Waals surface area contributed by atoms with E-state index >= 15 is 0 Å². The zero-order chi connectivity index (χ0) is 22.4. The molecule has 0 aliphatic carbocycles. The second-order valence-corrected chi connectivity index (χ2v) is 7.78. The van der Waals surface area contributed by atoms with Crippen LogP contribution in [0, 0.1) is 0 Å². The highest BCUT2D eigenvalue weighted by molar-refractivity contribution is 5.98. The average Bonchev–Trinajstić information content (AvgIpc) is 2.76. The third-order valence-electron chi connectivity index (χ3n) is 5.40. The van der Waals surface area contributed by atoms with Crippen LogP contribution in [0.4, 0.5) is 0 Å². The Morgan fingerprint density at radius 2 is 1.61 bits per heavy atom. The van der Waals surface area contributed by atoms with Gasteiger partial charge in [0.1, 0.15) is 0 Å². The molecular weight excluding hydrogens is 396 g/mol. The van der Waals surface area contributed by atoms with E-state index in [0.717, 1.165) is 25.2 Å². The van der Waals surface area contributed by atoms with Gasteiger partial charge in [-0.25, -0.2) is 0 Å². The van der Waals surface area contributed by atoms with Gasteiger partial charge in [0.05, 0.1) is 39.1 Å². The standard InChI is InChI=1S/C24H32N2O5/c1-16-13-26(14-17(2)31-16)15-19-9-7-6-8-18(19)12-25-24(27)20-10-11-21(28-3)23(30-5)22(20)29-4/h6-11,16-17H,12-15H2,1-5H3,(H,25,27).